The summed E-state index contributed by atoms with van der Waals surface area (Å²) < 4.78 is 24.7. The van der Waals surface area contributed by atoms with E-state index in [2.05, 4.69) is 0 Å². The Morgan fingerprint density at radius 3 is 2.81 bits per heavy atom. The van der Waals surface area contributed by atoms with Crippen LogP contribution >= 0.6 is 0 Å². The molecule has 0 aliphatic carbocycles. The van der Waals surface area contributed by atoms with Gasteiger partial charge in [-0.1, -0.05) is 30.3 Å². The maximum absolute atomic E-state index is 14.2. The van der Waals surface area contributed by atoms with E-state index < -0.39 is 0 Å². The van der Waals surface area contributed by atoms with E-state index in [-0.39, 0.29) is 17.6 Å². The highest BCUT2D eigenvalue weighted by Crippen LogP contribution is 2.29. The summed E-state index contributed by atoms with van der Waals surface area (Å²) >= 11 is 0. The van der Waals surface area contributed by atoms with E-state index >= 15 is 0 Å². The van der Waals surface area contributed by atoms with Gasteiger partial charge >= 0.3 is 0 Å². The first-order valence-electron chi connectivity index (χ1n) is 6.74. The summed E-state index contributed by atoms with van der Waals surface area (Å²) in [6.07, 6.45) is 2.03. The number of hydrogen-bond acceptors (Lipinski definition) is 3. The quantitative estimate of drug-likeness (QED) is 0.792. The lowest BCUT2D eigenvalue weighted by Gasteiger charge is -2.12. The van der Waals surface area contributed by atoms with E-state index in [1.165, 1.54) is 7.11 Å². The van der Waals surface area contributed by atoms with Crippen molar-refractivity contribution in [3.63, 3.8) is 0 Å². The van der Waals surface area contributed by atoms with Crippen LogP contribution in [0.2, 0.25) is 0 Å². The molecule has 0 saturated carbocycles. The molecule has 0 amide bonds. The molecule has 4 heteroatoms. The van der Waals surface area contributed by atoms with Crippen LogP contribution in [-0.2, 0) is 6.42 Å². The Labute approximate surface area is 122 Å². The van der Waals surface area contributed by atoms with Gasteiger partial charge in [-0.2, -0.15) is 0 Å². The molecule has 3 rings (SSSR count). The molecule has 3 aromatic rings. The predicted molar refractivity (Wildman–Crippen MR) is 79.8 cm³/mol. The van der Waals surface area contributed by atoms with Gasteiger partial charge in [-0.3, -0.25) is 0 Å². The van der Waals surface area contributed by atoms with Gasteiger partial charge < -0.3 is 14.9 Å². The van der Waals surface area contributed by atoms with Crippen molar-refractivity contribution in [3.05, 3.63) is 65.7 Å². The Morgan fingerprint density at radius 1 is 1.19 bits per heavy atom. The molecule has 2 aromatic carbocycles. The van der Waals surface area contributed by atoms with Crippen molar-refractivity contribution in [1.82, 2.24) is 0 Å². The smallest absolute Gasteiger partial charge is 0.168 e. The summed E-state index contributed by atoms with van der Waals surface area (Å²) in [6, 6.07) is 12.4. The zero-order valence-corrected chi connectivity index (χ0v) is 11.7. The van der Waals surface area contributed by atoms with E-state index in [9.17, 15) is 4.39 Å². The summed E-state index contributed by atoms with van der Waals surface area (Å²) in [5.74, 6) is -0.125. The molecule has 3 nitrogen and oxygen atoms in total. The van der Waals surface area contributed by atoms with Crippen molar-refractivity contribution in [2.75, 3.05) is 7.11 Å². The number of methoxy groups -OCH3 is 1. The van der Waals surface area contributed by atoms with Crippen LogP contribution in [0.3, 0.4) is 0 Å². The van der Waals surface area contributed by atoms with E-state index in [1.54, 1.807) is 24.5 Å². The molecule has 1 atom stereocenters. The van der Waals surface area contributed by atoms with Gasteiger partial charge in [0.1, 0.15) is 5.58 Å². The Bertz CT molecular complexity index is 766. The van der Waals surface area contributed by atoms with Gasteiger partial charge in [0, 0.05) is 17.0 Å². The summed E-state index contributed by atoms with van der Waals surface area (Å²) in [6.45, 7) is 0. The average Bonchev–Trinajstić information content (AvgIpc) is 2.93. The number of rotatable bonds is 4. The molecule has 1 heterocycles. The van der Waals surface area contributed by atoms with E-state index in [4.69, 9.17) is 14.9 Å². The maximum atomic E-state index is 14.2. The van der Waals surface area contributed by atoms with Crippen molar-refractivity contribution >= 4 is 11.0 Å². The average molecular weight is 285 g/mol. The van der Waals surface area contributed by atoms with Crippen LogP contribution < -0.4 is 10.5 Å². The number of benzene rings is 2. The molecule has 0 spiro atoms. The number of fused-ring (bicyclic) bond motifs is 1. The molecule has 0 bridgehead atoms. The van der Waals surface area contributed by atoms with Crippen molar-refractivity contribution in [3.8, 4) is 5.75 Å². The minimum absolute atomic E-state index is 0.233. The van der Waals surface area contributed by atoms with Crippen molar-refractivity contribution in [1.29, 1.82) is 0 Å². The highest BCUT2D eigenvalue weighted by Gasteiger charge is 2.17. The molecule has 108 valence electrons. The molecule has 1 aromatic heterocycles. The minimum atomic E-state index is -0.358. The van der Waals surface area contributed by atoms with Gasteiger partial charge in [0.25, 0.3) is 0 Å². The third kappa shape index (κ3) is 2.50. The lowest BCUT2D eigenvalue weighted by Crippen LogP contribution is -2.14. The van der Waals surface area contributed by atoms with Crippen molar-refractivity contribution in [2.45, 2.75) is 12.5 Å². The molecule has 2 N–H and O–H groups in total. The van der Waals surface area contributed by atoms with Crippen LogP contribution in [0.1, 0.15) is 17.2 Å². The van der Waals surface area contributed by atoms with Crippen molar-refractivity contribution < 1.29 is 13.5 Å². The SMILES string of the molecule is COc1cccc(CC(N)c2coc3ccccc23)c1F. The highest BCUT2D eigenvalue weighted by atomic mass is 19.1. The summed E-state index contributed by atoms with van der Waals surface area (Å²) in [7, 11) is 1.45. The Hall–Kier alpha value is -2.33. The van der Waals surface area contributed by atoms with Crippen LogP contribution in [0, 0.1) is 5.82 Å². The van der Waals surface area contributed by atoms with Gasteiger partial charge in [0.2, 0.25) is 0 Å². The first-order valence-corrected chi connectivity index (χ1v) is 6.74. The Kier molecular flexibility index (Phi) is 3.62. The number of para-hydroxylation sites is 1. The monoisotopic (exact) mass is 285 g/mol. The second-order valence-electron chi connectivity index (χ2n) is 4.93. The lowest BCUT2D eigenvalue weighted by atomic mass is 9.98. The number of halogens is 1. The van der Waals surface area contributed by atoms with Crippen LogP contribution in [0.25, 0.3) is 11.0 Å². The first-order chi connectivity index (χ1) is 10.2. The molecule has 0 aliphatic rings. The molecule has 0 saturated heterocycles. The number of hydrogen-bond donors (Lipinski definition) is 1. The molecule has 0 radical (unpaired) electrons. The highest BCUT2D eigenvalue weighted by molar-refractivity contribution is 5.81. The third-order valence-electron chi connectivity index (χ3n) is 3.61. The fraction of sp³-hybridized carbons (Fsp3) is 0.176. The molecule has 1 unspecified atom stereocenters. The number of ether oxygens (including phenoxy) is 1. The van der Waals surface area contributed by atoms with E-state index in [0.717, 1.165) is 16.5 Å². The van der Waals surface area contributed by atoms with Gasteiger partial charge in [-0.05, 0) is 24.1 Å². The minimum Gasteiger partial charge on any atom is -0.494 e. The zero-order valence-electron chi connectivity index (χ0n) is 11.7. The topological polar surface area (TPSA) is 48.4 Å². The molecular formula is C17H16FNO2. The van der Waals surface area contributed by atoms with E-state index in [1.807, 2.05) is 24.3 Å². The number of nitrogens with two attached hydrogens (primary N) is 1. The molecule has 0 fully saturated rings. The van der Waals surface area contributed by atoms with Crippen LogP contribution in [0.4, 0.5) is 4.39 Å². The molecular weight excluding hydrogens is 269 g/mol. The van der Waals surface area contributed by atoms with Gasteiger partial charge in [0.15, 0.2) is 11.6 Å². The standard InChI is InChI=1S/C17H16FNO2/c1-20-16-8-4-5-11(17(16)18)9-14(19)13-10-21-15-7-3-2-6-12(13)15/h2-8,10,14H,9,19H2,1H3. The van der Waals surface area contributed by atoms with Gasteiger partial charge in [-0.25, -0.2) is 4.39 Å². The largest absolute Gasteiger partial charge is 0.494 e. The second-order valence-corrected chi connectivity index (χ2v) is 4.93. The fourth-order valence-electron chi connectivity index (χ4n) is 2.50. The molecule has 21 heavy (non-hydrogen) atoms. The second kappa shape index (κ2) is 5.58. The van der Waals surface area contributed by atoms with Gasteiger partial charge in [0.05, 0.1) is 13.4 Å². The summed E-state index contributed by atoms with van der Waals surface area (Å²) in [5.41, 5.74) is 8.43. The van der Waals surface area contributed by atoms with Crippen LogP contribution in [-0.4, -0.2) is 7.11 Å². The number of furan rings is 1. The Morgan fingerprint density at radius 2 is 2.00 bits per heavy atom. The van der Waals surface area contributed by atoms with Crippen LogP contribution in [0.15, 0.2) is 53.1 Å². The molecule has 0 aliphatic heterocycles. The zero-order chi connectivity index (χ0) is 14.8. The lowest BCUT2D eigenvalue weighted by molar-refractivity contribution is 0.383. The van der Waals surface area contributed by atoms with Crippen molar-refractivity contribution in [2.24, 2.45) is 5.73 Å². The predicted octanol–water partition coefficient (Wildman–Crippen LogP) is 3.82. The first kappa shape index (κ1) is 13.6. The van der Waals surface area contributed by atoms with E-state index in [0.29, 0.717) is 12.0 Å². The normalized spacial score (nSPS) is 12.5. The fourth-order valence-corrected chi connectivity index (χ4v) is 2.50. The van der Waals surface area contributed by atoms with Crippen LogP contribution in [0.5, 0.6) is 5.75 Å². The third-order valence-corrected chi connectivity index (χ3v) is 3.61. The Balaban J connectivity index is 1.91. The summed E-state index contributed by atoms with van der Waals surface area (Å²) in [5, 5.41) is 0.966. The maximum Gasteiger partial charge on any atom is 0.168 e. The van der Waals surface area contributed by atoms with Gasteiger partial charge in [-0.15, -0.1) is 0 Å². The summed E-state index contributed by atoms with van der Waals surface area (Å²) in [4.78, 5) is 0.